The average molecular weight is 256 g/mol. The van der Waals surface area contributed by atoms with Crippen molar-refractivity contribution < 1.29 is 14.2 Å². The number of hydrogen-bond donors (Lipinski definition) is 0. The van der Waals surface area contributed by atoms with Crippen molar-refractivity contribution in [2.24, 2.45) is 0 Å². The molecule has 0 saturated carbocycles. The maximum absolute atomic E-state index is 5.81. The predicted octanol–water partition coefficient (Wildman–Crippen LogP) is 3.04. The van der Waals surface area contributed by atoms with Crippen molar-refractivity contribution in [2.45, 2.75) is 12.7 Å². The van der Waals surface area contributed by atoms with Crippen molar-refractivity contribution in [3.63, 3.8) is 0 Å². The number of para-hydroxylation sites is 2. The Morgan fingerprint density at radius 2 is 1.53 bits per heavy atom. The fourth-order valence-corrected chi connectivity index (χ4v) is 1.77. The van der Waals surface area contributed by atoms with E-state index in [0.29, 0.717) is 13.2 Å². The summed E-state index contributed by atoms with van der Waals surface area (Å²) in [5, 5.41) is 0. The molecule has 0 spiro atoms. The fourth-order valence-electron chi connectivity index (χ4n) is 1.77. The van der Waals surface area contributed by atoms with Crippen LogP contribution in [0, 0.1) is 0 Å². The molecule has 1 heterocycles. The molecule has 0 aromatic heterocycles. The molecule has 0 amide bonds. The van der Waals surface area contributed by atoms with Crippen molar-refractivity contribution in [2.75, 3.05) is 13.2 Å². The van der Waals surface area contributed by atoms with Crippen LogP contribution in [0.4, 0.5) is 0 Å². The minimum Gasteiger partial charge on any atom is -0.487 e. The maximum Gasteiger partial charge on any atom is 0.161 e. The van der Waals surface area contributed by atoms with E-state index in [0.717, 1.165) is 23.7 Å². The van der Waals surface area contributed by atoms with E-state index in [4.69, 9.17) is 14.2 Å². The third-order valence-corrected chi connectivity index (χ3v) is 2.91. The Morgan fingerprint density at radius 3 is 2.21 bits per heavy atom. The second-order valence-electron chi connectivity index (χ2n) is 4.49. The van der Waals surface area contributed by atoms with Gasteiger partial charge in [-0.3, -0.25) is 0 Å². The SMILES string of the molecule is c1ccc(COc2ccccc2OC[C@@H]2CO2)cc1. The van der Waals surface area contributed by atoms with Gasteiger partial charge in [-0.2, -0.15) is 0 Å². The van der Waals surface area contributed by atoms with Gasteiger partial charge in [0.2, 0.25) is 0 Å². The monoisotopic (exact) mass is 256 g/mol. The number of hydrogen-bond acceptors (Lipinski definition) is 3. The summed E-state index contributed by atoms with van der Waals surface area (Å²) in [5.74, 6) is 1.54. The summed E-state index contributed by atoms with van der Waals surface area (Å²) in [6.45, 7) is 1.93. The zero-order valence-corrected chi connectivity index (χ0v) is 10.6. The average Bonchev–Trinajstić information content (AvgIpc) is 3.29. The molecule has 0 unspecified atom stereocenters. The molecule has 19 heavy (non-hydrogen) atoms. The van der Waals surface area contributed by atoms with Crippen LogP contribution in [-0.4, -0.2) is 19.3 Å². The van der Waals surface area contributed by atoms with Crippen LogP contribution in [0.1, 0.15) is 5.56 Å². The molecule has 1 fully saturated rings. The first kappa shape index (κ1) is 12.1. The van der Waals surface area contributed by atoms with Crippen molar-refractivity contribution in [3.05, 3.63) is 60.2 Å². The Hall–Kier alpha value is -2.00. The lowest BCUT2D eigenvalue weighted by Crippen LogP contribution is -2.05. The Morgan fingerprint density at radius 1 is 0.895 bits per heavy atom. The molecule has 1 atom stereocenters. The van der Waals surface area contributed by atoms with E-state index in [-0.39, 0.29) is 6.10 Å². The molecule has 1 saturated heterocycles. The first-order valence-electron chi connectivity index (χ1n) is 6.42. The molecule has 1 aliphatic heterocycles. The number of benzene rings is 2. The molecule has 1 aliphatic rings. The summed E-state index contributed by atoms with van der Waals surface area (Å²) in [4.78, 5) is 0. The van der Waals surface area contributed by atoms with Crippen LogP contribution in [0.3, 0.4) is 0 Å². The Labute approximate surface area is 112 Å². The van der Waals surface area contributed by atoms with Gasteiger partial charge in [0.15, 0.2) is 11.5 Å². The van der Waals surface area contributed by atoms with Gasteiger partial charge in [0.05, 0.1) is 6.61 Å². The quantitative estimate of drug-likeness (QED) is 0.744. The smallest absolute Gasteiger partial charge is 0.161 e. The van der Waals surface area contributed by atoms with Crippen LogP contribution in [-0.2, 0) is 11.3 Å². The van der Waals surface area contributed by atoms with E-state index < -0.39 is 0 Å². The van der Waals surface area contributed by atoms with Gasteiger partial charge in [-0.05, 0) is 17.7 Å². The summed E-state index contributed by atoms with van der Waals surface area (Å²) >= 11 is 0. The molecular weight excluding hydrogens is 240 g/mol. The molecule has 0 N–H and O–H groups in total. The van der Waals surface area contributed by atoms with Gasteiger partial charge < -0.3 is 14.2 Å². The largest absolute Gasteiger partial charge is 0.487 e. The number of epoxide rings is 1. The maximum atomic E-state index is 5.81. The van der Waals surface area contributed by atoms with Gasteiger partial charge >= 0.3 is 0 Å². The molecule has 3 nitrogen and oxygen atoms in total. The highest BCUT2D eigenvalue weighted by atomic mass is 16.6. The van der Waals surface area contributed by atoms with Gasteiger partial charge in [0, 0.05) is 0 Å². The van der Waals surface area contributed by atoms with Crippen LogP contribution in [0.5, 0.6) is 11.5 Å². The lowest BCUT2D eigenvalue weighted by atomic mass is 10.2. The van der Waals surface area contributed by atoms with E-state index in [1.54, 1.807) is 0 Å². The molecule has 2 aromatic carbocycles. The summed E-state index contributed by atoms with van der Waals surface area (Å²) < 4.78 is 16.6. The molecule has 3 rings (SSSR count). The highest BCUT2D eigenvalue weighted by Gasteiger charge is 2.23. The number of rotatable bonds is 6. The Balaban J connectivity index is 1.62. The molecular formula is C16H16O3. The minimum atomic E-state index is 0.252. The van der Waals surface area contributed by atoms with Crippen LogP contribution in [0.15, 0.2) is 54.6 Å². The first-order chi connectivity index (χ1) is 9.42. The van der Waals surface area contributed by atoms with Crippen molar-refractivity contribution in [1.29, 1.82) is 0 Å². The van der Waals surface area contributed by atoms with E-state index >= 15 is 0 Å². The molecule has 2 aromatic rings. The highest BCUT2D eigenvalue weighted by molar-refractivity contribution is 5.39. The third kappa shape index (κ3) is 3.48. The highest BCUT2D eigenvalue weighted by Crippen LogP contribution is 2.28. The van der Waals surface area contributed by atoms with Crippen LogP contribution < -0.4 is 9.47 Å². The van der Waals surface area contributed by atoms with E-state index in [2.05, 4.69) is 0 Å². The summed E-state index contributed by atoms with van der Waals surface area (Å²) in [5.41, 5.74) is 1.14. The van der Waals surface area contributed by atoms with E-state index in [9.17, 15) is 0 Å². The zero-order chi connectivity index (χ0) is 12.9. The Kier molecular flexibility index (Phi) is 3.65. The molecule has 0 aliphatic carbocycles. The standard InChI is InChI=1S/C16H16O3/c1-2-6-13(7-3-1)10-18-15-8-4-5-9-16(15)19-12-14-11-17-14/h1-9,14H,10-12H2/t14-/m0/s1. The zero-order valence-electron chi connectivity index (χ0n) is 10.6. The van der Waals surface area contributed by atoms with Gasteiger partial charge in [0.1, 0.15) is 19.3 Å². The second-order valence-corrected chi connectivity index (χ2v) is 4.49. The fraction of sp³-hybridized carbons (Fsp3) is 0.250. The molecule has 3 heteroatoms. The van der Waals surface area contributed by atoms with Gasteiger partial charge in [-0.1, -0.05) is 42.5 Å². The van der Waals surface area contributed by atoms with Crippen molar-refractivity contribution >= 4 is 0 Å². The summed E-state index contributed by atoms with van der Waals surface area (Å²) in [6, 6.07) is 17.8. The van der Waals surface area contributed by atoms with Crippen LogP contribution in [0.2, 0.25) is 0 Å². The number of ether oxygens (including phenoxy) is 3. The van der Waals surface area contributed by atoms with Gasteiger partial charge in [-0.25, -0.2) is 0 Å². The first-order valence-corrected chi connectivity index (χ1v) is 6.42. The molecule has 0 radical (unpaired) electrons. The Bertz CT molecular complexity index is 521. The topological polar surface area (TPSA) is 31.0 Å². The van der Waals surface area contributed by atoms with Crippen molar-refractivity contribution in [1.82, 2.24) is 0 Å². The van der Waals surface area contributed by atoms with Gasteiger partial charge in [-0.15, -0.1) is 0 Å². The molecule has 0 bridgehead atoms. The van der Waals surface area contributed by atoms with Gasteiger partial charge in [0.25, 0.3) is 0 Å². The lowest BCUT2D eigenvalue weighted by Gasteiger charge is -2.12. The van der Waals surface area contributed by atoms with Crippen LogP contribution >= 0.6 is 0 Å². The lowest BCUT2D eigenvalue weighted by molar-refractivity contribution is 0.238. The summed E-state index contributed by atoms with van der Waals surface area (Å²) in [6.07, 6.45) is 0.252. The van der Waals surface area contributed by atoms with Crippen molar-refractivity contribution in [3.8, 4) is 11.5 Å². The normalized spacial score (nSPS) is 16.9. The minimum absolute atomic E-state index is 0.252. The predicted molar refractivity (Wildman–Crippen MR) is 72.5 cm³/mol. The van der Waals surface area contributed by atoms with E-state index in [1.165, 1.54) is 0 Å². The molecule has 98 valence electrons. The summed E-state index contributed by atoms with van der Waals surface area (Å²) in [7, 11) is 0. The second kappa shape index (κ2) is 5.76. The van der Waals surface area contributed by atoms with Crippen LogP contribution in [0.25, 0.3) is 0 Å². The van der Waals surface area contributed by atoms with E-state index in [1.807, 2.05) is 54.6 Å². The third-order valence-electron chi connectivity index (χ3n) is 2.91.